The quantitative estimate of drug-likeness (QED) is 0.901. The van der Waals surface area contributed by atoms with Crippen LogP contribution >= 0.6 is 0 Å². The topological polar surface area (TPSA) is 52.1 Å². The Balaban J connectivity index is 1.73. The first-order valence-electron chi connectivity index (χ1n) is 7.51. The highest BCUT2D eigenvalue weighted by Gasteiger charge is 2.41. The van der Waals surface area contributed by atoms with Gasteiger partial charge in [0.05, 0.1) is 11.7 Å². The Labute approximate surface area is 121 Å². The largest absolute Gasteiger partial charge is 0.415 e. The van der Waals surface area contributed by atoms with Crippen molar-refractivity contribution in [2.75, 3.05) is 13.1 Å². The first-order chi connectivity index (χ1) is 9.95. The molecule has 118 valence electrons. The average Bonchev–Trinajstić information content (AvgIpc) is 3.02. The van der Waals surface area contributed by atoms with Crippen molar-refractivity contribution in [2.24, 2.45) is 0 Å². The molecule has 0 saturated carbocycles. The normalized spacial score (nSPS) is 25.0. The van der Waals surface area contributed by atoms with Gasteiger partial charge in [-0.25, -0.2) is 4.98 Å². The molecule has 3 rings (SSSR count). The zero-order valence-corrected chi connectivity index (χ0v) is 11.8. The van der Waals surface area contributed by atoms with E-state index < -0.39 is 12.3 Å². The van der Waals surface area contributed by atoms with Gasteiger partial charge >= 0.3 is 6.18 Å². The van der Waals surface area contributed by atoms with Gasteiger partial charge < -0.3 is 10.1 Å². The van der Waals surface area contributed by atoms with E-state index in [-0.39, 0.29) is 12.6 Å². The molecular weight excluding hydrogens is 283 g/mol. The van der Waals surface area contributed by atoms with Crippen LogP contribution in [0.3, 0.4) is 0 Å². The summed E-state index contributed by atoms with van der Waals surface area (Å²) in [6.45, 7) is 0.197. The summed E-state index contributed by atoms with van der Waals surface area (Å²) in [5.41, 5.74) is 2.21. The number of aromatic amines is 1. The number of aliphatic hydroxyl groups is 1. The summed E-state index contributed by atoms with van der Waals surface area (Å²) in [6, 6.07) is -0.132. The van der Waals surface area contributed by atoms with Gasteiger partial charge in [0.1, 0.15) is 5.82 Å². The third-order valence-corrected chi connectivity index (χ3v) is 4.44. The maximum atomic E-state index is 12.5. The molecule has 2 atom stereocenters. The third kappa shape index (κ3) is 3.08. The number of nitrogens with zero attached hydrogens (tertiary/aromatic N) is 2. The Kier molecular flexibility index (Phi) is 3.96. The molecule has 0 radical (unpaired) electrons. The van der Waals surface area contributed by atoms with Crippen LogP contribution in [0.15, 0.2) is 0 Å². The molecule has 2 aliphatic rings. The summed E-state index contributed by atoms with van der Waals surface area (Å²) in [4.78, 5) is 9.59. The van der Waals surface area contributed by atoms with Crippen LogP contribution in [-0.4, -0.2) is 45.3 Å². The van der Waals surface area contributed by atoms with Gasteiger partial charge in [-0.05, 0) is 45.1 Å². The molecule has 0 bridgehead atoms. The van der Waals surface area contributed by atoms with Crippen molar-refractivity contribution < 1.29 is 18.3 Å². The van der Waals surface area contributed by atoms with Gasteiger partial charge in [-0.1, -0.05) is 0 Å². The van der Waals surface area contributed by atoms with Gasteiger partial charge in [0.15, 0.2) is 6.10 Å². The molecule has 1 aromatic rings. The fourth-order valence-electron chi connectivity index (χ4n) is 3.31. The fourth-order valence-corrected chi connectivity index (χ4v) is 3.31. The monoisotopic (exact) mass is 303 g/mol. The van der Waals surface area contributed by atoms with E-state index in [1.54, 1.807) is 4.90 Å². The van der Waals surface area contributed by atoms with Crippen LogP contribution in [0.25, 0.3) is 0 Å². The Morgan fingerprint density at radius 2 is 2.05 bits per heavy atom. The number of H-pyrrole nitrogens is 1. The van der Waals surface area contributed by atoms with Gasteiger partial charge in [0.25, 0.3) is 0 Å². The number of aliphatic hydroxyl groups excluding tert-OH is 1. The molecule has 21 heavy (non-hydrogen) atoms. The number of hydrogen-bond donors (Lipinski definition) is 2. The molecule has 4 nitrogen and oxygen atoms in total. The Bertz CT molecular complexity index is 477. The molecule has 0 spiro atoms. The van der Waals surface area contributed by atoms with Crippen molar-refractivity contribution in [2.45, 2.75) is 56.8 Å². The maximum Gasteiger partial charge on any atom is 0.415 e. The second-order valence-corrected chi connectivity index (χ2v) is 5.96. The lowest BCUT2D eigenvalue weighted by molar-refractivity contribution is -0.208. The predicted octanol–water partition coefficient (Wildman–Crippen LogP) is 2.35. The van der Waals surface area contributed by atoms with Crippen molar-refractivity contribution in [3.8, 4) is 0 Å². The molecule has 2 N–H and O–H groups in total. The number of halogens is 3. The molecule has 7 heteroatoms. The van der Waals surface area contributed by atoms with Crippen LogP contribution in [0.5, 0.6) is 0 Å². The number of rotatable bonds is 3. The molecule has 1 saturated heterocycles. The van der Waals surface area contributed by atoms with E-state index in [9.17, 15) is 18.3 Å². The van der Waals surface area contributed by atoms with Gasteiger partial charge in [-0.2, -0.15) is 13.2 Å². The van der Waals surface area contributed by atoms with E-state index in [0.29, 0.717) is 6.54 Å². The lowest BCUT2D eigenvalue weighted by atomic mass is 10.0. The number of likely N-dealkylation sites (tertiary alicyclic amines) is 1. The first-order valence-corrected chi connectivity index (χ1v) is 7.51. The van der Waals surface area contributed by atoms with Gasteiger partial charge in [0, 0.05) is 12.2 Å². The van der Waals surface area contributed by atoms with Crippen molar-refractivity contribution in [1.29, 1.82) is 0 Å². The van der Waals surface area contributed by atoms with Crippen LogP contribution in [0.1, 0.15) is 48.9 Å². The van der Waals surface area contributed by atoms with Crippen LogP contribution in [0, 0.1) is 0 Å². The van der Waals surface area contributed by atoms with Crippen LogP contribution < -0.4 is 0 Å². The van der Waals surface area contributed by atoms with Crippen molar-refractivity contribution >= 4 is 0 Å². The summed E-state index contributed by atoms with van der Waals surface area (Å²) in [7, 11) is 0. The number of aryl methyl sites for hydroxylation is 2. The molecule has 1 aromatic heterocycles. The molecular formula is C14H20F3N3O. The maximum absolute atomic E-state index is 12.5. The number of alkyl halides is 3. The molecule has 1 aliphatic carbocycles. The van der Waals surface area contributed by atoms with Gasteiger partial charge in [0.2, 0.25) is 0 Å². The van der Waals surface area contributed by atoms with Crippen LogP contribution in [0.4, 0.5) is 13.2 Å². The Morgan fingerprint density at radius 3 is 2.76 bits per heavy atom. The minimum atomic E-state index is -4.56. The highest BCUT2D eigenvalue weighted by molar-refractivity contribution is 5.19. The summed E-state index contributed by atoms with van der Waals surface area (Å²) in [5, 5.41) is 9.28. The predicted molar refractivity (Wildman–Crippen MR) is 70.8 cm³/mol. The van der Waals surface area contributed by atoms with E-state index in [1.165, 1.54) is 0 Å². The van der Waals surface area contributed by atoms with Crippen molar-refractivity contribution in [3.05, 3.63) is 17.2 Å². The lowest BCUT2D eigenvalue weighted by Gasteiger charge is -2.26. The van der Waals surface area contributed by atoms with Crippen LogP contribution in [-0.2, 0) is 12.8 Å². The number of imidazole rings is 1. The summed E-state index contributed by atoms with van der Waals surface area (Å²) >= 11 is 0. The van der Waals surface area contributed by atoms with E-state index in [1.807, 2.05) is 0 Å². The standard InChI is InChI=1S/C14H20F3N3O/c15-14(16,17)12(21)8-20-7-3-6-11(20)13-18-9-4-1-2-5-10(9)19-13/h11-12,21H,1-8H2,(H,18,19)/t11-,12-/m0/s1. The molecule has 0 aromatic carbocycles. The minimum Gasteiger partial charge on any atom is -0.382 e. The zero-order valence-electron chi connectivity index (χ0n) is 11.8. The average molecular weight is 303 g/mol. The fraction of sp³-hybridized carbons (Fsp3) is 0.786. The first kappa shape index (κ1) is 14.8. The van der Waals surface area contributed by atoms with E-state index >= 15 is 0 Å². The highest BCUT2D eigenvalue weighted by atomic mass is 19.4. The zero-order chi connectivity index (χ0) is 15.0. The number of aromatic nitrogens is 2. The molecule has 2 heterocycles. The van der Waals surface area contributed by atoms with Crippen LogP contribution in [0.2, 0.25) is 0 Å². The van der Waals surface area contributed by atoms with E-state index in [4.69, 9.17) is 0 Å². The summed E-state index contributed by atoms with van der Waals surface area (Å²) < 4.78 is 37.6. The van der Waals surface area contributed by atoms with Gasteiger partial charge in [-0.3, -0.25) is 4.90 Å². The molecule has 1 fully saturated rings. The van der Waals surface area contributed by atoms with E-state index in [2.05, 4.69) is 9.97 Å². The molecule has 0 unspecified atom stereocenters. The van der Waals surface area contributed by atoms with E-state index in [0.717, 1.165) is 55.7 Å². The Morgan fingerprint density at radius 1 is 1.29 bits per heavy atom. The number of nitrogens with one attached hydrogen (secondary N) is 1. The number of fused-ring (bicyclic) bond motifs is 1. The second-order valence-electron chi connectivity index (χ2n) is 5.96. The third-order valence-electron chi connectivity index (χ3n) is 4.44. The van der Waals surface area contributed by atoms with Gasteiger partial charge in [-0.15, -0.1) is 0 Å². The number of hydrogen-bond acceptors (Lipinski definition) is 3. The summed E-state index contributed by atoms with van der Waals surface area (Å²) in [6.07, 6.45) is -1.05. The molecule has 0 amide bonds. The second kappa shape index (κ2) is 5.61. The lowest BCUT2D eigenvalue weighted by Crippen LogP contribution is -2.40. The SMILES string of the molecule is O[C@@H](CN1CCC[C@H]1c1nc2c([nH]1)CCCC2)C(F)(F)F. The Hall–Kier alpha value is -1.08. The summed E-state index contributed by atoms with van der Waals surface area (Å²) in [5.74, 6) is 0.772. The molecule has 1 aliphatic heterocycles. The van der Waals surface area contributed by atoms with Crippen molar-refractivity contribution in [1.82, 2.24) is 14.9 Å². The smallest absolute Gasteiger partial charge is 0.382 e. The van der Waals surface area contributed by atoms with Crippen molar-refractivity contribution in [3.63, 3.8) is 0 Å². The number of β-amino-alcohol motifs (C(OH)–C–C–N with tert-alkyl or cyclic N) is 1. The highest BCUT2D eigenvalue weighted by Crippen LogP contribution is 2.33. The minimum absolute atomic E-state index is 0.132.